The van der Waals surface area contributed by atoms with Gasteiger partial charge in [-0.1, -0.05) is 24.6 Å². The van der Waals surface area contributed by atoms with Crippen molar-refractivity contribution >= 4 is 28.9 Å². The largest absolute Gasteiger partial charge is 0.340 e. The Labute approximate surface area is 123 Å². The molecule has 2 rings (SSSR count). The molecule has 2 aromatic rings. The molecular formula is C14H18ClN5. The van der Waals surface area contributed by atoms with Crippen molar-refractivity contribution in [3.63, 3.8) is 0 Å². The van der Waals surface area contributed by atoms with Crippen molar-refractivity contribution in [2.24, 2.45) is 5.84 Å². The van der Waals surface area contributed by atoms with Gasteiger partial charge in [-0.3, -0.25) is 0 Å². The van der Waals surface area contributed by atoms with Crippen LogP contribution in [0.1, 0.15) is 24.7 Å². The molecule has 0 saturated carbocycles. The van der Waals surface area contributed by atoms with E-state index in [-0.39, 0.29) is 0 Å². The SMILES string of the molecule is CCCc1nc(NN)c(C)c(Nc2cccc(Cl)c2)n1. The van der Waals surface area contributed by atoms with E-state index < -0.39 is 0 Å². The van der Waals surface area contributed by atoms with E-state index in [1.165, 1.54) is 0 Å². The summed E-state index contributed by atoms with van der Waals surface area (Å²) in [5.41, 5.74) is 4.36. The number of hydrazine groups is 1. The smallest absolute Gasteiger partial charge is 0.148 e. The van der Waals surface area contributed by atoms with Crippen LogP contribution in [0.3, 0.4) is 0 Å². The average molecular weight is 292 g/mol. The molecule has 0 spiro atoms. The third-order valence-electron chi connectivity index (χ3n) is 2.89. The van der Waals surface area contributed by atoms with Crippen LogP contribution in [0, 0.1) is 6.92 Å². The summed E-state index contributed by atoms with van der Waals surface area (Å²) in [7, 11) is 0. The standard InChI is InChI=1S/C14H18ClN5/c1-3-5-12-18-13(9(2)14(19-12)20-16)17-11-7-4-6-10(15)8-11/h4,6-8H,3,5,16H2,1-2H3,(H2,17,18,19,20). The summed E-state index contributed by atoms with van der Waals surface area (Å²) < 4.78 is 0. The van der Waals surface area contributed by atoms with E-state index in [9.17, 15) is 0 Å². The highest BCUT2D eigenvalue weighted by atomic mass is 35.5. The predicted octanol–water partition coefficient (Wildman–Crippen LogP) is 3.42. The summed E-state index contributed by atoms with van der Waals surface area (Å²) in [6, 6.07) is 7.49. The van der Waals surface area contributed by atoms with E-state index in [1.54, 1.807) is 0 Å². The minimum absolute atomic E-state index is 0.632. The molecule has 0 bridgehead atoms. The summed E-state index contributed by atoms with van der Waals surface area (Å²) in [5, 5.41) is 3.93. The molecule has 0 aliphatic rings. The van der Waals surface area contributed by atoms with Crippen molar-refractivity contribution in [3.05, 3.63) is 40.7 Å². The lowest BCUT2D eigenvalue weighted by molar-refractivity contribution is 0.833. The first kappa shape index (κ1) is 14.6. The molecule has 0 radical (unpaired) electrons. The van der Waals surface area contributed by atoms with Gasteiger partial charge in [-0.2, -0.15) is 0 Å². The van der Waals surface area contributed by atoms with Crippen molar-refractivity contribution in [1.29, 1.82) is 0 Å². The second kappa shape index (κ2) is 6.54. The number of aromatic nitrogens is 2. The minimum atomic E-state index is 0.632. The van der Waals surface area contributed by atoms with Gasteiger partial charge in [0, 0.05) is 22.7 Å². The van der Waals surface area contributed by atoms with Gasteiger partial charge in [0.25, 0.3) is 0 Å². The Morgan fingerprint density at radius 2 is 2.00 bits per heavy atom. The Morgan fingerprint density at radius 3 is 2.65 bits per heavy atom. The molecule has 5 nitrogen and oxygen atoms in total. The molecule has 0 fully saturated rings. The van der Waals surface area contributed by atoms with Gasteiger partial charge < -0.3 is 10.7 Å². The van der Waals surface area contributed by atoms with Crippen molar-refractivity contribution in [3.8, 4) is 0 Å². The fourth-order valence-electron chi connectivity index (χ4n) is 1.86. The highest BCUT2D eigenvalue weighted by molar-refractivity contribution is 6.30. The van der Waals surface area contributed by atoms with Crippen LogP contribution in [-0.4, -0.2) is 9.97 Å². The van der Waals surface area contributed by atoms with Crippen LogP contribution >= 0.6 is 11.6 Å². The summed E-state index contributed by atoms with van der Waals surface area (Å²) in [6.45, 7) is 4.00. The van der Waals surface area contributed by atoms with Gasteiger partial charge in [0.1, 0.15) is 17.5 Å². The highest BCUT2D eigenvalue weighted by Gasteiger charge is 2.10. The number of halogens is 1. The summed E-state index contributed by atoms with van der Waals surface area (Å²) in [4.78, 5) is 8.92. The Kier molecular flexibility index (Phi) is 4.76. The molecular weight excluding hydrogens is 274 g/mol. The zero-order chi connectivity index (χ0) is 14.5. The number of aryl methyl sites for hydroxylation is 1. The number of hydrogen-bond donors (Lipinski definition) is 3. The molecule has 20 heavy (non-hydrogen) atoms. The van der Waals surface area contributed by atoms with Gasteiger partial charge in [-0.05, 0) is 31.5 Å². The Morgan fingerprint density at radius 1 is 1.25 bits per heavy atom. The number of hydrogen-bond acceptors (Lipinski definition) is 5. The van der Waals surface area contributed by atoms with Gasteiger partial charge in [0.2, 0.25) is 0 Å². The number of nitrogen functional groups attached to an aromatic ring is 1. The number of nitrogens with one attached hydrogen (secondary N) is 2. The fourth-order valence-corrected chi connectivity index (χ4v) is 2.05. The van der Waals surface area contributed by atoms with Gasteiger partial charge in [0.05, 0.1) is 0 Å². The fraction of sp³-hybridized carbons (Fsp3) is 0.286. The summed E-state index contributed by atoms with van der Waals surface area (Å²) >= 11 is 5.99. The van der Waals surface area contributed by atoms with Crippen LogP contribution in [-0.2, 0) is 6.42 Å². The molecule has 0 aliphatic heterocycles. The van der Waals surface area contributed by atoms with Crippen molar-refractivity contribution < 1.29 is 0 Å². The van der Waals surface area contributed by atoms with Crippen LogP contribution in [0.4, 0.5) is 17.3 Å². The normalized spacial score (nSPS) is 10.4. The molecule has 0 saturated heterocycles. The Balaban J connectivity index is 2.36. The number of anilines is 3. The van der Waals surface area contributed by atoms with Gasteiger partial charge in [-0.15, -0.1) is 0 Å². The third kappa shape index (κ3) is 3.37. The van der Waals surface area contributed by atoms with Crippen molar-refractivity contribution in [2.45, 2.75) is 26.7 Å². The van der Waals surface area contributed by atoms with Gasteiger partial charge in [-0.25, -0.2) is 15.8 Å². The lowest BCUT2D eigenvalue weighted by Gasteiger charge is -2.13. The molecule has 0 unspecified atom stereocenters. The first-order chi connectivity index (χ1) is 9.63. The highest BCUT2D eigenvalue weighted by Crippen LogP contribution is 2.24. The van der Waals surface area contributed by atoms with E-state index in [1.807, 2.05) is 31.2 Å². The maximum Gasteiger partial charge on any atom is 0.148 e. The van der Waals surface area contributed by atoms with E-state index in [4.69, 9.17) is 17.4 Å². The molecule has 1 heterocycles. The first-order valence-corrected chi connectivity index (χ1v) is 6.88. The van der Waals surface area contributed by atoms with Crippen molar-refractivity contribution in [2.75, 3.05) is 10.7 Å². The molecule has 6 heteroatoms. The molecule has 1 aromatic carbocycles. The lowest BCUT2D eigenvalue weighted by atomic mass is 10.2. The number of benzene rings is 1. The van der Waals surface area contributed by atoms with Crippen LogP contribution < -0.4 is 16.6 Å². The number of rotatable bonds is 5. The van der Waals surface area contributed by atoms with E-state index in [2.05, 4.69) is 27.6 Å². The maximum absolute atomic E-state index is 5.99. The molecule has 0 atom stereocenters. The molecule has 4 N–H and O–H groups in total. The molecule has 0 aliphatic carbocycles. The molecule has 0 amide bonds. The average Bonchev–Trinajstić information content (AvgIpc) is 2.42. The van der Waals surface area contributed by atoms with Crippen LogP contribution in [0.5, 0.6) is 0 Å². The third-order valence-corrected chi connectivity index (χ3v) is 3.12. The second-order valence-corrected chi connectivity index (χ2v) is 4.93. The minimum Gasteiger partial charge on any atom is -0.340 e. The zero-order valence-electron chi connectivity index (χ0n) is 11.6. The maximum atomic E-state index is 5.99. The van der Waals surface area contributed by atoms with Gasteiger partial charge >= 0.3 is 0 Å². The second-order valence-electron chi connectivity index (χ2n) is 4.49. The van der Waals surface area contributed by atoms with E-state index >= 15 is 0 Å². The van der Waals surface area contributed by atoms with E-state index in [0.717, 1.165) is 35.7 Å². The summed E-state index contributed by atoms with van der Waals surface area (Å²) in [5.74, 6) is 7.64. The van der Waals surface area contributed by atoms with Gasteiger partial charge in [0.15, 0.2) is 0 Å². The predicted molar refractivity (Wildman–Crippen MR) is 83.3 cm³/mol. The quantitative estimate of drug-likeness (QED) is 0.581. The van der Waals surface area contributed by atoms with Crippen LogP contribution in [0.25, 0.3) is 0 Å². The van der Waals surface area contributed by atoms with Crippen LogP contribution in [0.2, 0.25) is 5.02 Å². The first-order valence-electron chi connectivity index (χ1n) is 6.50. The lowest BCUT2D eigenvalue weighted by Crippen LogP contribution is -2.14. The van der Waals surface area contributed by atoms with Crippen molar-refractivity contribution in [1.82, 2.24) is 9.97 Å². The zero-order valence-corrected chi connectivity index (χ0v) is 12.3. The monoisotopic (exact) mass is 291 g/mol. The molecule has 1 aromatic heterocycles. The Bertz CT molecular complexity index is 600. The van der Waals surface area contributed by atoms with E-state index in [0.29, 0.717) is 10.8 Å². The topological polar surface area (TPSA) is 75.9 Å². The summed E-state index contributed by atoms with van der Waals surface area (Å²) in [6.07, 6.45) is 1.78. The Hall–Kier alpha value is -1.85. The molecule has 106 valence electrons. The number of nitrogens with two attached hydrogens (primary N) is 1. The van der Waals surface area contributed by atoms with Crippen LogP contribution in [0.15, 0.2) is 24.3 Å². The number of nitrogens with zero attached hydrogens (tertiary/aromatic N) is 2.